The number of aliphatic hydroxyl groups excluding tert-OH is 1. The molecule has 0 radical (unpaired) electrons. The van der Waals surface area contributed by atoms with Gasteiger partial charge in [0.15, 0.2) is 11.5 Å². The van der Waals surface area contributed by atoms with E-state index in [-0.39, 0.29) is 47.4 Å². The maximum absolute atomic E-state index is 12.9. The Bertz CT molecular complexity index is 753. The van der Waals surface area contributed by atoms with Crippen molar-refractivity contribution in [2.24, 2.45) is 11.3 Å². The number of phenols is 2. The van der Waals surface area contributed by atoms with Crippen molar-refractivity contribution in [3.8, 4) is 11.5 Å². The number of carbonyl (C=O) groups excluding carboxylic acids is 1. The lowest BCUT2D eigenvalue weighted by Crippen LogP contribution is -2.59. The summed E-state index contributed by atoms with van der Waals surface area (Å²) in [7, 11) is 0. The highest BCUT2D eigenvalue weighted by Gasteiger charge is 2.65. The van der Waals surface area contributed by atoms with Crippen LogP contribution in [0.1, 0.15) is 75.2 Å². The molecule has 0 unspecified atom stereocenters. The van der Waals surface area contributed by atoms with Gasteiger partial charge in [0.05, 0.1) is 0 Å². The lowest BCUT2D eigenvalue weighted by Gasteiger charge is -2.58. The highest BCUT2D eigenvalue weighted by atomic mass is 16.5. The van der Waals surface area contributed by atoms with E-state index in [1.54, 1.807) is 6.92 Å². The van der Waals surface area contributed by atoms with Gasteiger partial charge in [0.2, 0.25) is 0 Å². The van der Waals surface area contributed by atoms with Gasteiger partial charge in [0.1, 0.15) is 11.5 Å². The third-order valence-corrected chi connectivity index (χ3v) is 6.93. The van der Waals surface area contributed by atoms with E-state index in [9.17, 15) is 20.1 Å². The molecule has 0 aromatic heterocycles. The van der Waals surface area contributed by atoms with Gasteiger partial charge in [0.25, 0.3) is 0 Å². The zero-order valence-electron chi connectivity index (χ0n) is 15.0. The normalized spacial score (nSPS) is 33.4. The molecule has 0 amide bonds. The third-order valence-electron chi connectivity index (χ3n) is 6.93. The average Bonchev–Trinajstić information content (AvgIpc) is 2.57. The van der Waals surface area contributed by atoms with Crippen LogP contribution in [0.25, 0.3) is 0 Å². The quantitative estimate of drug-likeness (QED) is 0.565. The van der Waals surface area contributed by atoms with Crippen LogP contribution in [0, 0.1) is 11.3 Å². The first-order chi connectivity index (χ1) is 11.7. The first-order valence-electron chi connectivity index (χ1n) is 9.15. The van der Waals surface area contributed by atoms with Crippen molar-refractivity contribution in [2.45, 2.75) is 63.9 Å². The minimum Gasteiger partial charge on any atom is -0.504 e. The number of benzene rings is 1. The van der Waals surface area contributed by atoms with E-state index in [0.717, 1.165) is 24.8 Å². The van der Waals surface area contributed by atoms with E-state index in [4.69, 9.17) is 4.74 Å². The lowest BCUT2D eigenvalue weighted by molar-refractivity contribution is -0.185. The molecule has 2 fully saturated rings. The molecular formula is C20H26O5. The van der Waals surface area contributed by atoms with Gasteiger partial charge in [-0.25, -0.2) is 0 Å². The molecule has 2 aliphatic carbocycles. The fourth-order valence-corrected chi connectivity index (χ4v) is 5.59. The van der Waals surface area contributed by atoms with Crippen molar-refractivity contribution in [1.29, 1.82) is 0 Å². The van der Waals surface area contributed by atoms with Crippen molar-refractivity contribution in [2.75, 3.05) is 6.61 Å². The van der Waals surface area contributed by atoms with Crippen LogP contribution >= 0.6 is 0 Å². The fraction of sp³-hybridized carbons (Fsp3) is 0.650. The van der Waals surface area contributed by atoms with E-state index in [0.29, 0.717) is 17.5 Å². The van der Waals surface area contributed by atoms with Gasteiger partial charge in [-0.3, -0.25) is 4.79 Å². The molecule has 1 spiro atoms. The molecular weight excluding hydrogens is 320 g/mol. The van der Waals surface area contributed by atoms with Crippen molar-refractivity contribution in [3.63, 3.8) is 0 Å². The Balaban J connectivity index is 1.99. The van der Waals surface area contributed by atoms with Crippen molar-refractivity contribution < 1.29 is 24.9 Å². The number of aliphatic hydroxyl groups is 1. The number of rotatable bonds is 2. The number of carbonyl (C=O) groups is 1. The Hall–Kier alpha value is -1.75. The molecule has 1 aromatic carbocycles. The summed E-state index contributed by atoms with van der Waals surface area (Å²) >= 11 is 0. The zero-order valence-corrected chi connectivity index (χ0v) is 15.0. The molecule has 1 aromatic rings. The first kappa shape index (κ1) is 16.7. The minimum absolute atomic E-state index is 0.0211. The molecule has 2 aliphatic heterocycles. The Morgan fingerprint density at radius 3 is 2.68 bits per heavy atom. The van der Waals surface area contributed by atoms with E-state index in [2.05, 4.69) is 13.8 Å². The van der Waals surface area contributed by atoms with Gasteiger partial charge >= 0.3 is 5.97 Å². The van der Waals surface area contributed by atoms with Crippen LogP contribution in [0.15, 0.2) is 6.07 Å². The van der Waals surface area contributed by atoms with Crippen molar-refractivity contribution >= 4 is 5.97 Å². The summed E-state index contributed by atoms with van der Waals surface area (Å²) < 4.78 is 5.73. The van der Waals surface area contributed by atoms with Gasteiger partial charge in [-0.15, -0.1) is 0 Å². The number of esters is 1. The van der Waals surface area contributed by atoms with Crippen LogP contribution in [0.2, 0.25) is 0 Å². The predicted molar refractivity (Wildman–Crippen MR) is 91.5 cm³/mol. The van der Waals surface area contributed by atoms with Gasteiger partial charge in [-0.05, 0) is 36.7 Å². The third kappa shape index (κ3) is 1.96. The molecule has 5 heteroatoms. The highest BCUT2D eigenvalue weighted by Crippen LogP contribution is 2.66. The Morgan fingerprint density at radius 1 is 1.28 bits per heavy atom. The minimum atomic E-state index is -0.867. The van der Waals surface area contributed by atoms with Crippen molar-refractivity contribution in [1.82, 2.24) is 0 Å². The number of ether oxygens (including phenoxy) is 1. The summed E-state index contributed by atoms with van der Waals surface area (Å²) in [5, 5.41) is 30.9. The van der Waals surface area contributed by atoms with Gasteiger partial charge in [0, 0.05) is 29.2 Å². The maximum atomic E-state index is 12.9. The largest absolute Gasteiger partial charge is 0.504 e. The van der Waals surface area contributed by atoms with Crippen LogP contribution in [0.3, 0.4) is 0 Å². The number of aromatic hydroxyl groups is 2. The molecule has 5 nitrogen and oxygen atoms in total. The number of hydrogen-bond donors (Lipinski definition) is 3. The number of fused-ring (bicyclic) bond motifs is 1. The molecule has 1 saturated heterocycles. The first-order valence-corrected chi connectivity index (χ1v) is 9.15. The number of phenolic OH excluding ortho intramolecular Hbond substituents is 2. The number of hydrogen-bond acceptors (Lipinski definition) is 5. The second kappa shape index (κ2) is 5.13. The molecule has 4 aliphatic rings. The molecule has 25 heavy (non-hydrogen) atoms. The van der Waals surface area contributed by atoms with Crippen LogP contribution < -0.4 is 0 Å². The van der Waals surface area contributed by atoms with Crippen LogP contribution in [0.5, 0.6) is 11.5 Å². The van der Waals surface area contributed by atoms with Crippen molar-refractivity contribution in [3.05, 3.63) is 22.8 Å². The zero-order chi connectivity index (χ0) is 18.1. The maximum Gasteiger partial charge on any atom is 0.317 e. The molecule has 3 N–H and O–H groups in total. The Morgan fingerprint density at radius 2 is 2.00 bits per heavy atom. The molecule has 2 heterocycles. The fourth-order valence-electron chi connectivity index (χ4n) is 5.59. The van der Waals surface area contributed by atoms with Crippen LogP contribution in [-0.2, 0) is 14.9 Å². The Kier molecular flexibility index (Phi) is 3.43. The second-order valence-corrected chi connectivity index (χ2v) is 8.71. The molecule has 4 atom stereocenters. The van der Waals surface area contributed by atoms with Gasteiger partial charge < -0.3 is 20.1 Å². The summed E-state index contributed by atoms with van der Waals surface area (Å²) in [4.78, 5) is 12.9. The molecule has 1 saturated carbocycles. The second-order valence-electron chi connectivity index (χ2n) is 8.71. The van der Waals surface area contributed by atoms with E-state index in [1.165, 1.54) is 0 Å². The van der Waals surface area contributed by atoms with Gasteiger partial charge in [-0.1, -0.05) is 27.2 Å². The average molecular weight is 346 g/mol. The summed E-state index contributed by atoms with van der Waals surface area (Å²) in [5.74, 6) is -0.872. The summed E-state index contributed by atoms with van der Waals surface area (Å²) in [6.07, 6.45) is 2.94. The predicted octanol–water partition coefficient (Wildman–Crippen LogP) is 3.26. The Labute approximate surface area is 147 Å². The summed E-state index contributed by atoms with van der Waals surface area (Å²) in [6, 6.07) is 1.82. The van der Waals surface area contributed by atoms with E-state index in [1.807, 2.05) is 6.07 Å². The van der Waals surface area contributed by atoms with Gasteiger partial charge in [-0.2, -0.15) is 0 Å². The topological polar surface area (TPSA) is 87.0 Å². The van der Waals surface area contributed by atoms with Crippen LogP contribution in [-0.4, -0.2) is 27.9 Å². The highest BCUT2D eigenvalue weighted by molar-refractivity contribution is 5.89. The summed E-state index contributed by atoms with van der Waals surface area (Å²) in [5.41, 5.74) is 0.995. The van der Waals surface area contributed by atoms with E-state index < -0.39 is 5.41 Å². The monoisotopic (exact) mass is 346 g/mol. The SMILES string of the molecule is C[C@@H](CO)c1cc2c(c(O)c1O)[C@@]13CCCC(C)(C)[C@@H]1C[C@@H]2OC3=O. The smallest absolute Gasteiger partial charge is 0.317 e. The summed E-state index contributed by atoms with van der Waals surface area (Å²) in [6.45, 7) is 6.03. The van der Waals surface area contributed by atoms with Crippen LogP contribution in [0.4, 0.5) is 0 Å². The molecule has 136 valence electrons. The van der Waals surface area contributed by atoms with E-state index >= 15 is 0 Å². The molecule has 2 bridgehead atoms. The molecule has 5 rings (SSSR count). The lowest BCUT2D eigenvalue weighted by atomic mass is 9.47. The standard InChI is InChI=1S/C20H26O5/c1-10(9-21)11-7-12-13-8-14-19(2,3)5-4-6-20(14,18(24)25-13)15(12)17(23)16(11)22/h7,10,13-14,21-23H,4-6,8-9H2,1-3H3/t10-,13-,14-,20+/m0/s1.